The van der Waals surface area contributed by atoms with Crippen molar-refractivity contribution < 1.29 is 0 Å². The molecule has 0 aliphatic heterocycles. The zero-order valence-corrected chi connectivity index (χ0v) is 14.3. The van der Waals surface area contributed by atoms with Gasteiger partial charge in [-0.05, 0) is 62.4 Å². The molecule has 3 atom stereocenters. The summed E-state index contributed by atoms with van der Waals surface area (Å²) in [6.07, 6.45) is 9.38. The van der Waals surface area contributed by atoms with Gasteiger partial charge in [-0.25, -0.2) is 0 Å². The van der Waals surface area contributed by atoms with E-state index < -0.39 is 0 Å². The number of aryl methyl sites for hydroxylation is 1. The first kappa shape index (κ1) is 15.4. The molecule has 2 bridgehead atoms. The lowest BCUT2D eigenvalue weighted by Crippen LogP contribution is -2.21. The van der Waals surface area contributed by atoms with E-state index in [0.717, 1.165) is 43.2 Å². The van der Waals surface area contributed by atoms with E-state index >= 15 is 0 Å². The van der Waals surface area contributed by atoms with Gasteiger partial charge in [0.15, 0.2) is 0 Å². The molecule has 0 spiro atoms. The van der Waals surface area contributed by atoms with Crippen molar-refractivity contribution in [3.63, 3.8) is 0 Å². The Kier molecular flexibility index (Phi) is 5.28. The Morgan fingerprint density at radius 3 is 2.76 bits per heavy atom. The van der Waals surface area contributed by atoms with E-state index in [9.17, 15) is 0 Å². The van der Waals surface area contributed by atoms with Crippen LogP contribution in [0.3, 0.4) is 0 Å². The van der Waals surface area contributed by atoms with Crippen molar-refractivity contribution in [2.45, 2.75) is 58.8 Å². The van der Waals surface area contributed by atoms with Gasteiger partial charge in [-0.15, -0.1) is 21.5 Å². The molecule has 3 nitrogen and oxygen atoms in total. The third kappa shape index (κ3) is 4.26. The van der Waals surface area contributed by atoms with Gasteiger partial charge in [-0.1, -0.05) is 20.3 Å². The summed E-state index contributed by atoms with van der Waals surface area (Å²) in [5, 5.41) is 14.9. The first-order chi connectivity index (χ1) is 10.2. The molecule has 1 aromatic heterocycles. The molecule has 3 rings (SSSR count). The maximum Gasteiger partial charge on any atom is 0.117 e. The van der Waals surface area contributed by atoms with Crippen molar-refractivity contribution in [3.05, 3.63) is 10.0 Å². The van der Waals surface area contributed by atoms with E-state index in [1.807, 2.05) is 11.3 Å². The number of rotatable bonds is 8. The summed E-state index contributed by atoms with van der Waals surface area (Å²) in [6, 6.07) is 0. The smallest absolute Gasteiger partial charge is 0.117 e. The third-order valence-corrected chi connectivity index (χ3v) is 6.13. The Morgan fingerprint density at radius 2 is 2.05 bits per heavy atom. The van der Waals surface area contributed by atoms with Gasteiger partial charge in [0.05, 0.1) is 0 Å². The van der Waals surface area contributed by atoms with Gasteiger partial charge >= 0.3 is 0 Å². The fourth-order valence-electron chi connectivity index (χ4n) is 4.08. The molecule has 2 fully saturated rings. The van der Waals surface area contributed by atoms with Crippen LogP contribution in [0.15, 0.2) is 0 Å². The van der Waals surface area contributed by atoms with Gasteiger partial charge in [0, 0.05) is 12.8 Å². The van der Waals surface area contributed by atoms with Crippen LogP contribution in [-0.2, 0) is 12.8 Å². The Balaban J connectivity index is 1.38. The van der Waals surface area contributed by atoms with Crippen LogP contribution in [0.5, 0.6) is 0 Å². The normalized spacial score (nSPS) is 27.9. The highest BCUT2D eigenvalue weighted by Crippen LogP contribution is 2.49. The molecule has 0 aromatic carbocycles. The third-order valence-electron chi connectivity index (χ3n) is 5.13. The highest BCUT2D eigenvalue weighted by Gasteiger charge is 2.39. The van der Waals surface area contributed by atoms with Gasteiger partial charge in [-0.3, -0.25) is 0 Å². The Morgan fingerprint density at radius 1 is 1.19 bits per heavy atom. The zero-order valence-electron chi connectivity index (χ0n) is 13.5. The van der Waals surface area contributed by atoms with Crippen LogP contribution in [-0.4, -0.2) is 23.3 Å². The fourth-order valence-corrected chi connectivity index (χ4v) is 5.06. The Bertz CT molecular complexity index is 443. The van der Waals surface area contributed by atoms with Crippen molar-refractivity contribution in [1.29, 1.82) is 0 Å². The quantitative estimate of drug-likeness (QED) is 0.744. The summed E-state index contributed by atoms with van der Waals surface area (Å²) in [5.74, 6) is 3.69. The number of hydrogen-bond donors (Lipinski definition) is 1. The number of hydrogen-bond acceptors (Lipinski definition) is 4. The molecule has 1 N–H and O–H groups in total. The molecule has 4 heteroatoms. The van der Waals surface area contributed by atoms with Gasteiger partial charge in [-0.2, -0.15) is 0 Å². The topological polar surface area (TPSA) is 37.8 Å². The SMILES string of the molecule is CC(C)CNCCCc1nnc(CC2CC3CCC2C3)s1. The molecule has 3 unspecified atom stereocenters. The number of fused-ring (bicyclic) bond motifs is 2. The lowest BCUT2D eigenvalue weighted by atomic mass is 9.87. The van der Waals surface area contributed by atoms with E-state index in [1.54, 1.807) is 0 Å². The molecule has 0 amide bonds. The van der Waals surface area contributed by atoms with Crippen LogP contribution in [0.25, 0.3) is 0 Å². The second-order valence-corrected chi connectivity index (χ2v) is 8.58. The van der Waals surface area contributed by atoms with E-state index in [2.05, 4.69) is 29.4 Å². The molecular formula is C17H29N3S. The van der Waals surface area contributed by atoms with Crippen molar-refractivity contribution in [3.8, 4) is 0 Å². The minimum Gasteiger partial charge on any atom is -0.316 e. The lowest BCUT2D eigenvalue weighted by Gasteiger charge is -2.19. The van der Waals surface area contributed by atoms with Crippen LogP contribution in [0.4, 0.5) is 0 Å². The predicted octanol–water partition coefficient (Wildman–Crippen LogP) is 3.70. The monoisotopic (exact) mass is 307 g/mol. The first-order valence-corrected chi connectivity index (χ1v) is 9.54. The summed E-state index contributed by atoms with van der Waals surface area (Å²) >= 11 is 1.86. The molecule has 1 heterocycles. The summed E-state index contributed by atoms with van der Waals surface area (Å²) < 4.78 is 0. The molecule has 2 aliphatic carbocycles. The Labute approximate surface area is 132 Å². The molecule has 1 aromatic rings. The van der Waals surface area contributed by atoms with Gasteiger partial charge in [0.25, 0.3) is 0 Å². The largest absolute Gasteiger partial charge is 0.316 e. The number of nitrogens with zero attached hydrogens (tertiary/aromatic N) is 2. The zero-order chi connectivity index (χ0) is 14.7. The highest BCUT2D eigenvalue weighted by atomic mass is 32.1. The summed E-state index contributed by atoms with van der Waals surface area (Å²) in [4.78, 5) is 0. The maximum atomic E-state index is 4.44. The van der Waals surface area contributed by atoms with Gasteiger partial charge < -0.3 is 5.32 Å². The first-order valence-electron chi connectivity index (χ1n) is 8.72. The van der Waals surface area contributed by atoms with Crippen LogP contribution in [0, 0.1) is 23.7 Å². The molecule has 0 saturated heterocycles. The van der Waals surface area contributed by atoms with Crippen LogP contribution >= 0.6 is 11.3 Å². The minimum absolute atomic E-state index is 0.736. The van der Waals surface area contributed by atoms with Crippen LogP contribution < -0.4 is 5.32 Å². The summed E-state index contributed by atoms with van der Waals surface area (Å²) in [7, 11) is 0. The summed E-state index contributed by atoms with van der Waals surface area (Å²) in [5.41, 5.74) is 0. The van der Waals surface area contributed by atoms with E-state index in [0.29, 0.717) is 0 Å². The second-order valence-electron chi connectivity index (χ2n) is 7.43. The molecule has 118 valence electrons. The number of aromatic nitrogens is 2. The maximum absolute atomic E-state index is 4.44. The fraction of sp³-hybridized carbons (Fsp3) is 0.882. The molecule has 2 saturated carbocycles. The van der Waals surface area contributed by atoms with Gasteiger partial charge in [0.1, 0.15) is 10.0 Å². The van der Waals surface area contributed by atoms with E-state index in [4.69, 9.17) is 0 Å². The van der Waals surface area contributed by atoms with Crippen LogP contribution in [0.2, 0.25) is 0 Å². The lowest BCUT2D eigenvalue weighted by molar-refractivity contribution is 0.331. The van der Waals surface area contributed by atoms with Crippen molar-refractivity contribution >= 4 is 11.3 Å². The predicted molar refractivity (Wildman–Crippen MR) is 88.6 cm³/mol. The van der Waals surface area contributed by atoms with Crippen molar-refractivity contribution in [1.82, 2.24) is 15.5 Å². The highest BCUT2D eigenvalue weighted by molar-refractivity contribution is 7.11. The van der Waals surface area contributed by atoms with Crippen molar-refractivity contribution in [2.24, 2.45) is 23.7 Å². The van der Waals surface area contributed by atoms with Crippen LogP contribution in [0.1, 0.15) is 56.0 Å². The Hall–Kier alpha value is -0.480. The molecule has 21 heavy (non-hydrogen) atoms. The summed E-state index contributed by atoms with van der Waals surface area (Å²) in [6.45, 7) is 6.71. The van der Waals surface area contributed by atoms with E-state index in [-0.39, 0.29) is 0 Å². The van der Waals surface area contributed by atoms with Gasteiger partial charge in [0.2, 0.25) is 0 Å². The van der Waals surface area contributed by atoms with Crippen molar-refractivity contribution in [2.75, 3.05) is 13.1 Å². The average molecular weight is 308 g/mol. The molecule has 0 radical (unpaired) electrons. The second kappa shape index (κ2) is 7.19. The minimum atomic E-state index is 0.736. The van der Waals surface area contributed by atoms with E-state index in [1.165, 1.54) is 48.5 Å². The standard InChI is InChI=1S/C17H29N3S/c1-12(2)11-18-7-3-4-16-19-20-17(21-16)10-15-9-13-5-6-14(15)8-13/h12-15,18H,3-11H2,1-2H3. The molecular weight excluding hydrogens is 278 g/mol. The molecule has 2 aliphatic rings. The number of nitrogens with one attached hydrogen (secondary N) is 1. The average Bonchev–Trinajstić information content (AvgIpc) is 3.15.